The number of nitrogens with one attached hydrogen (secondary N) is 1. The highest BCUT2D eigenvalue weighted by atomic mass is 32.1. The molecule has 0 radical (unpaired) electrons. The standard InChI is InChI=1S/C19H12FN3O2S/c20-15-5-2-6-16-14(15)10-17(26-16)19(24)23-12-3-1-4-13(9-12)25-18-11-21-7-8-22-18/h1-11H,(H,23,24). The highest BCUT2D eigenvalue weighted by Gasteiger charge is 2.13. The fourth-order valence-electron chi connectivity index (χ4n) is 2.43. The van der Waals surface area contributed by atoms with Gasteiger partial charge in [0.25, 0.3) is 5.91 Å². The van der Waals surface area contributed by atoms with Gasteiger partial charge in [0.15, 0.2) is 0 Å². The minimum Gasteiger partial charge on any atom is -0.437 e. The van der Waals surface area contributed by atoms with E-state index in [1.54, 1.807) is 48.7 Å². The summed E-state index contributed by atoms with van der Waals surface area (Å²) in [4.78, 5) is 20.9. The highest BCUT2D eigenvalue weighted by Crippen LogP contribution is 2.29. The molecule has 0 spiro atoms. The van der Waals surface area contributed by atoms with Crippen molar-refractivity contribution in [3.63, 3.8) is 0 Å². The predicted molar refractivity (Wildman–Crippen MR) is 98.3 cm³/mol. The summed E-state index contributed by atoms with van der Waals surface area (Å²) < 4.78 is 20.1. The van der Waals surface area contributed by atoms with Crippen LogP contribution in [0.3, 0.4) is 0 Å². The molecule has 0 unspecified atom stereocenters. The van der Waals surface area contributed by atoms with Crippen LogP contribution in [0.2, 0.25) is 0 Å². The molecule has 0 aliphatic carbocycles. The van der Waals surface area contributed by atoms with Crippen molar-refractivity contribution in [3.8, 4) is 11.6 Å². The topological polar surface area (TPSA) is 64.1 Å². The lowest BCUT2D eigenvalue weighted by atomic mass is 10.2. The van der Waals surface area contributed by atoms with E-state index in [0.717, 1.165) is 4.70 Å². The number of thiophene rings is 1. The van der Waals surface area contributed by atoms with Crippen LogP contribution < -0.4 is 10.1 Å². The smallest absolute Gasteiger partial charge is 0.265 e. The van der Waals surface area contributed by atoms with E-state index in [1.807, 2.05) is 0 Å². The second-order valence-corrected chi connectivity index (χ2v) is 6.47. The number of benzene rings is 2. The van der Waals surface area contributed by atoms with Crippen molar-refractivity contribution in [3.05, 3.63) is 77.8 Å². The van der Waals surface area contributed by atoms with Gasteiger partial charge in [0.1, 0.15) is 11.6 Å². The minimum absolute atomic E-state index is 0.303. The summed E-state index contributed by atoms with van der Waals surface area (Å²) >= 11 is 1.24. The quantitative estimate of drug-likeness (QED) is 0.560. The number of carbonyl (C=O) groups excluding carboxylic acids is 1. The number of rotatable bonds is 4. The largest absolute Gasteiger partial charge is 0.437 e. The zero-order valence-electron chi connectivity index (χ0n) is 13.3. The molecule has 4 aromatic rings. The summed E-state index contributed by atoms with van der Waals surface area (Å²) in [6, 6.07) is 13.3. The lowest BCUT2D eigenvalue weighted by Gasteiger charge is -2.07. The first kappa shape index (κ1) is 16.2. The Bertz CT molecular complexity index is 1080. The second-order valence-electron chi connectivity index (χ2n) is 5.39. The number of amides is 1. The summed E-state index contributed by atoms with van der Waals surface area (Å²) in [5.74, 6) is 0.237. The molecule has 1 amide bonds. The van der Waals surface area contributed by atoms with Crippen LogP contribution in [0, 0.1) is 5.82 Å². The third-order valence-electron chi connectivity index (χ3n) is 3.59. The molecular formula is C19H12FN3O2S. The zero-order chi connectivity index (χ0) is 17.9. The molecule has 2 aromatic heterocycles. The number of nitrogens with zero attached hydrogens (tertiary/aromatic N) is 2. The molecule has 0 fully saturated rings. The van der Waals surface area contributed by atoms with Crippen LogP contribution in [0.1, 0.15) is 9.67 Å². The van der Waals surface area contributed by atoms with Gasteiger partial charge in [-0.2, -0.15) is 0 Å². The average molecular weight is 365 g/mol. The van der Waals surface area contributed by atoms with E-state index in [4.69, 9.17) is 4.74 Å². The van der Waals surface area contributed by atoms with Crippen molar-refractivity contribution in [2.24, 2.45) is 0 Å². The van der Waals surface area contributed by atoms with Gasteiger partial charge in [0.05, 0.1) is 11.1 Å². The fourth-order valence-corrected chi connectivity index (χ4v) is 3.40. The summed E-state index contributed by atoms with van der Waals surface area (Å²) in [7, 11) is 0. The monoisotopic (exact) mass is 365 g/mol. The first-order valence-electron chi connectivity index (χ1n) is 7.72. The van der Waals surface area contributed by atoms with Crippen LogP contribution >= 0.6 is 11.3 Å². The van der Waals surface area contributed by atoms with Gasteiger partial charge in [0.2, 0.25) is 5.88 Å². The van der Waals surface area contributed by atoms with E-state index in [1.165, 1.54) is 29.8 Å². The van der Waals surface area contributed by atoms with Crippen molar-refractivity contribution in [2.45, 2.75) is 0 Å². The highest BCUT2D eigenvalue weighted by molar-refractivity contribution is 7.20. The van der Waals surface area contributed by atoms with Crippen molar-refractivity contribution in [1.82, 2.24) is 9.97 Å². The molecule has 0 saturated carbocycles. The molecule has 1 N–H and O–H groups in total. The van der Waals surface area contributed by atoms with Crippen LogP contribution in [0.5, 0.6) is 11.6 Å². The van der Waals surface area contributed by atoms with E-state index in [-0.39, 0.29) is 11.7 Å². The number of anilines is 1. The molecule has 0 aliphatic heterocycles. The molecule has 128 valence electrons. The molecule has 0 aliphatic rings. The Balaban J connectivity index is 1.53. The van der Waals surface area contributed by atoms with E-state index in [0.29, 0.717) is 27.6 Å². The molecule has 0 bridgehead atoms. The molecule has 26 heavy (non-hydrogen) atoms. The number of ether oxygens (including phenoxy) is 1. The van der Waals surface area contributed by atoms with Gasteiger partial charge in [0, 0.05) is 34.2 Å². The lowest BCUT2D eigenvalue weighted by molar-refractivity contribution is 0.103. The Kier molecular flexibility index (Phi) is 4.28. The van der Waals surface area contributed by atoms with E-state index >= 15 is 0 Å². The van der Waals surface area contributed by atoms with Crippen molar-refractivity contribution < 1.29 is 13.9 Å². The number of halogens is 1. The van der Waals surface area contributed by atoms with E-state index < -0.39 is 0 Å². The number of fused-ring (bicyclic) bond motifs is 1. The molecular weight excluding hydrogens is 353 g/mol. The Hall–Kier alpha value is -3.32. The fraction of sp³-hybridized carbons (Fsp3) is 0. The van der Waals surface area contributed by atoms with Crippen molar-refractivity contribution in [1.29, 1.82) is 0 Å². The molecule has 7 heteroatoms. The Morgan fingerprint density at radius 1 is 1.12 bits per heavy atom. The van der Waals surface area contributed by atoms with Crippen molar-refractivity contribution >= 4 is 33.0 Å². The average Bonchev–Trinajstić information content (AvgIpc) is 3.09. The number of hydrogen-bond acceptors (Lipinski definition) is 5. The van der Waals surface area contributed by atoms with Crippen LogP contribution in [-0.4, -0.2) is 15.9 Å². The van der Waals surface area contributed by atoms with Gasteiger partial charge in [-0.3, -0.25) is 9.78 Å². The summed E-state index contributed by atoms with van der Waals surface area (Å²) in [6.45, 7) is 0. The summed E-state index contributed by atoms with van der Waals surface area (Å²) in [6.07, 6.45) is 4.58. The summed E-state index contributed by atoms with van der Waals surface area (Å²) in [5, 5.41) is 3.24. The Morgan fingerprint density at radius 2 is 2.00 bits per heavy atom. The van der Waals surface area contributed by atoms with Crippen LogP contribution in [-0.2, 0) is 0 Å². The van der Waals surface area contributed by atoms with Crippen LogP contribution in [0.15, 0.2) is 67.1 Å². The molecule has 5 nitrogen and oxygen atoms in total. The first-order valence-corrected chi connectivity index (χ1v) is 8.54. The van der Waals surface area contributed by atoms with Crippen molar-refractivity contribution in [2.75, 3.05) is 5.32 Å². The van der Waals surface area contributed by atoms with Gasteiger partial charge < -0.3 is 10.1 Å². The third-order valence-corrected chi connectivity index (χ3v) is 4.68. The first-order chi connectivity index (χ1) is 12.7. The maximum absolute atomic E-state index is 13.8. The molecule has 2 heterocycles. The van der Waals surface area contributed by atoms with E-state index in [9.17, 15) is 9.18 Å². The molecule has 0 atom stereocenters. The zero-order valence-corrected chi connectivity index (χ0v) is 14.2. The molecule has 4 rings (SSSR count). The van der Waals surface area contributed by atoms with E-state index in [2.05, 4.69) is 15.3 Å². The molecule has 2 aromatic carbocycles. The molecule has 0 saturated heterocycles. The third kappa shape index (κ3) is 3.38. The van der Waals surface area contributed by atoms with Crippen LogP contribution in [0.25, 0.3) is 10.1 Å². The Morgan fingerprint density at radius 3 is 2.81 bits per heavy atom. The van der Waals surface area contributed by atoms with Gasteiger partial charge >= 0.3 is 0 Å². The Labute approximate surface area is 152 Å². The second kappa shape index (κ2) is 6.89. The van der Waals surface area contributed by atoms with Gasteiger partial charge in [-0.05, 0) is 30.3 Å². The number of hydrogen-bond donors (Lipinski definition) is 1. The lowest BCUT2D eigenvalue weighted by Crippen LogP contribution is -2.09. The predicted octanol–water partition coefficient (Wildman–Crippen LogP) is 4.88. The van der Waals surface area contributed by atoms with Crippen LogP contribution in [0.4, 0.5) is 10.1 Å². The van der Waals surface area contributed by atoms with Gasteiger partial charge in [-0.25, -0.2) is 9.37 Å². The number of aromatic nitrogens is 2. The SMILES string of the molecule is O=C(Nc1cccc(Oc2cnccn2)c1)c1cc2c(F)cccc2s1. The normalized spacial score (nSPS) is 10.7. The minimum atomic E-state index is -0.336. The summed E-state index contributed by atoms with van der Waals surface area (Å²) in [5.41, 5.74) is 0.564. The van der Waals surface area contributed by atoms with Gasteiger partial charge in [-0.15, -0.1) is 11.3 Å². The maximum Gasteiger partial charge on any atom is 0.265 e. The van der Waals surface area contributed by atoms with Gasteiger partial charge in [-0.1, -0.05) is 12.1 Å². The number of carbonyl (C=O) groups is 1. The maximum atomic E-state index is 13.8.